The fourth-order valence-corrected chi connectivity index (χ4v) is 3.87. The number of aromatic nitrogens is 4. The molecule has 4 rings (SSSR count). The molecule has 3 heterocycles. The second-order valence-electron chi connectivity index (χ2n) is 8.06. The van der Waals surface area contributed by atoms with Crippen LogP contribution in [0.3, 0.4) is 0 Å². The average Bonchev–Trinajstić information content (AvgIpc) is 3.29. The number of hydrogen-bond acceptors (Lipinski definition) is 5. The summed E-state index contributed by atoms with van der Waals surface area (Å²) in [6, 6.07) is 3.80. The molecule has 5 N–H and O–H groups in total. The summed E-state index contributed by atoms with van der Waals surface area (Å²) in [5, 5.41) is 25.5. The van der Waals surface area contributed by atoms with Crippen molar-refractivity contribution in [2.75, 3.05) is 5.32 Å². The summed E-state index contributed by atoms with van der Waals surface area (Å²) < 4.78 is 1.71. The van der Waals surface area contributed by atoms with Gasteiger partial charge in [-0.05, 0) is 31.9 Å². The van der Waals surface area contributed by atoms with E-state index in [2.05, 4.69) is 20.6 Å². The van der Waals surface area contributed by atoms with Crippen LogP contribution >= 0.6 is 0 Å². The van der Waals surface area contributed by atoms with E-state index in [1.54, 1.807) is 10.7 Å². The van der Waals surface area contributed by atoms with Gasteiger partial charge in [-0.15, -0.1) is 0 Å². The second-order valence-corrected chi connectivity index (χ2v) is 8.06. The zero-order valence-corrected chi connectivity index (χ0v) is 15.7. The molecule has 1 aliphatic carbocycles. The highest BCUT2D eigenvalue weighted by Gasteiger charge is 2.50. The lowest BCUT2D eigenvalue weighted by Crippen LogP contribution is -2.45. The van der Waals surface area contributed by atoms with Crippen molar-refractivity contribution < 1.29 is 9.90 Å². The van der Waals surface area contributed by atoms with Gasteiger partial charge in [0.1, 0.15) is 0 Å². The molecule has 0 spiro atoms. The molecule has 27 heavy (non-hydrogen) atoms. The molecule has 1 amide bonds. The van der Waals surface area contributed by atoms with Crippen LogP contribution in [0.15, 0.2) is 30.7 Å². The van der Waals surface area contributed by atoms with Crippen molar-refractivity contribution >= 4 is 17.1 Å². The lowest BCUT2D eigenvalue weighted by molar-refractivity contribution is -0.0283. The molecule has 1 fully saturated rings. The second kappa shape index (κ2) is 5.82. The first-order valence-electron chi connectivity index (χ1n) is 9.00. The van der Waals surface area contributed by atoms with Gasteiger partial charge < -0.3 is 16.2 Å². The van der Waals surface area contributed by atoms with E-state index in [1.165, 1.54) is 6.20 Å². The van der Waals surface area contributed by atoms with Gasteiger partial charge >= 0.3 is 0 Å². The maximum atomic E-state index is 12.0. The minimum Gasteiger partial charge on any atom is -0.390 e. The summed E-state index contributed by atoms with van der Waals surface area (Å²) in [5.41, 5.74) is 7.93. The number of nitrogens with two attached hydrogens (primary N) is 1. The molecule has 0 bridgehead atoms. The Morgan fingerprint density at radius 2 is 2.22 bits per heavy atom. The minimum absolute atomic E-state index is 0.0118. The quantitative estimate of drug-likeness (QED) is 0.562. The molecule has 0 radical (unpaired) electrons. The number of aliphatic hydroxyl groups is 1. The van der Waals surface area contributed by atoms with E-state index < -0.39 is 11.5 Å². The number of aromatic amines is 1. The maximum absolute atomic E-state index is 12.0. The maximum Gasteiger partial charge on any atom is 0.252 e. The first-order valence-corrected chi connectivity index (χ1v) is 9.00. The first kappa shape index (κ1) is 17.5. The monoisotopic (exact) mass is 368 g/mol. The molecular weight excluding hydrogens is 344 g/mol. The van der Waals surface area contributed by atoms with Crippen LogP contribution in [-0.2, 0) is 0 Å². The van der Waals surface area contributed by atoms with E-state index in [0.717, 1.165) is 23.2 Å². The van der Waals surface area contributed by atoms with Crippen molar-refractivity contribution in [2.45, 2.75) is 45.3 Å². The van der Waals surface area contributed by atoms with Gasteiger partial charge in [0.25, 0.3) is 5.91 Å². The number of rotatable bonds is 4. The summed E-state index contributed by atoms with van der Waals surface area (Å²) in [4.78, 5) is 12.0. The SMILES string of the molecule is CC1(C)[C@H](Nc2c(C(N)=O)cnn3cc(-c4ccn[nH]4)cc23)CC[C@@]1(C)O. The van der Waals surface area contributed by atoms with Crippen LogP contribution in [0.5, 0.6) is 0 Å². The van der Waals surface area contributed by atoms with Crippen LogP contribution in [0.2, 0.25) is 0 Å². The number of H-pyrrole nitrogens is 1. The van der Waals surface area contributed by atoms with Crippen molar-refractivity contribution in [1.82, 2.24) is 19.8 Å². The summed E-state index contributed by atoms with van der Waals surface area (Å²) in [7, 11) is 0. The predicted octanol–water partition coefficient (Wildman–Crippen LogP) is 2.17. The Labute approximate surface area is 156 Å². The van der Waals surface area contributed by atoms with E-state index in [4.69, 9.17) is 5.73 Å². The molecule has 142 valence electrons. The van der Waals surface area contributed by atoms with E-state index in [0.29, 0.717) is 17.7 Å². The molecular formula is C19H24N6O2. The molecule has 2 atom stereocenters. The predicted molar refractivity (Wildman–Crippen MR) is 102 cm³/mol. The van der Waals surface area contributed by atoms with E-state index in [1.807, 2.05) is 39.1 Å². The van der Waals surface area contributed by atoms with Crippen LogP contribution in [0.1, 0.15) is 44.0 Å². The van der Waals surface area contributed by atoms with Gasteiger partial charge in [-0.2, -0.15) is 10.2 Å². The lowest BCUT2D eigenvalue weighted by atomic mass is 9.76. The van der Waals surface area contributed by atoms with Gasteiger partial charge in [-0.1, -0.05) is 13.8 Å². The lowest BCUT2D eigenvalue weighted by Gasteiger charge is -2.38. The molecule has 0 saturated heterocycles. The number of hydrogen-bond donors (Lipinski definition) is 4. The fourth-order valence-electron chi connectivity index (χ4n) is 3.87. The Balaban J connectivity index is 1.82. The van der Waals surface area contributed by atoms with E-state index in [9.17, 15) is 9.90 Å². The first-order chi connectivity index (χ1) is 12.7. The fraction of sp³-hybridized carbons (Fsp3) is 0.421. The van der Waals surface area contributed by atoms with Gasteiger partial charge in [0.15, 0.2) is 0 Å². The third kappa shape index (κ3) is 2.68. The molecule has 3 aromatic heterocycles. The number of carbonyl (C=O) groups is 1. The van der Waals surface area contributed by atoms with Crippen molar-refractivity contribution in [3.8, 4) is 11.3 Å². The van der Waals surface area contributed by atoms with Crippen LogP contribution in [0.25, 0.3) is 16.8 Å². The smallest absolute Gasteiger partial charge is 0.252 e. The Hall–Kier alpha value is -2.87. The summed E-state index contributed by atoms with van der Waals surface area (Å²) in [6.07, 6.45) is 6.51. The Morgan fingerprint density at radius 3 is 2.81 bits per heavy atom. The van der Waals surface area contributed by atoms with Crippen LogP contribution in [0, 0.1) is 5.41 Å². The number of primary amides is 1. The molecule has 1 saturated carbocycles. The van der Waals surface area contributed by atoms with Gasteiger partial charge in [-0.25, -0.2) is 4.52 Å². The topological polar surface area (TPSA) is 121 Å². The van der Waals surface area contributed by atoms with Crippen molar-refractivity contribution in [3.05, 3.63) is 36.3 Å². The zero-order valence-electron chi connectivity index (χ0n) is 15.7. The molecule has 3 aromatic rings. The number of nitrogens with zero attached hydrogens (tertiary/aromatic N) is 3. The van der Waals surface area contributed by atoms with Gasteiger partial charge in [0.05, 0.1) is 34.3 Å². The highest BCUT2D eigenvalue weighted by Crippen LogP contribution is 2.47. The number of fused-ring (bicyclic) bond motifs is 1. The van der Waals surface area contributed by atoms with Crippen LogP contribution in [-0.4, -0.2) is 42.5 Å². The standard InChI is InChI=1S/C19H24N6O2/c1-18(2)15(4-6-19(18,3)27)23-16-12(17(20)26)9-22-25-10-11(8-14(16)25)13-5-7-21-24-13/h5,7-10,15,23,27H,4,6H2,1-3H3,(H2,20,26)(H,21,24)/t15-,19-/m1/s1. The molecule has 8 nitrogen and oxygen atoms in total. The average molecular weight is 368 g/mol. The van der Waals surface area contributed by atoms with Crippen molar-refractivity contribution in [3.63, 3.8) is 0 Å². The third-order valence-corrected chi connectivity index (χ3v) is 6.21. The van der Waals surface area contributed by atoms with Crippen molar-refractivity contribution in [1.29, 1.82) is 0 Å². The Kier molecular flexibility index (Phi) is 3.78. The Bertz CT molecular complexity index is 1000. The molecule has 0 unspecified atom stereocenters. The van der Waals surface area contributed by atoms with Crippen molar-refractivity contribution in [2.24, 2.45) is 11.1 Å². The molecule has 0 aliphatic heterocycles. The van der Waals surface area contributed by atoms with E-state index >= 15 is 0 Å². The van der Waals surface area contributed by atoms with Gasteiger partial charge in [0.2, 0.25) is 0 Å². The molecule has 1 aliphatic rings. The number of amides is 1. The summed E-state index contributed by atoms with van der Waals surface area (Å²) >= 11 is 0. The third-order valence-electron chi connectivity index (χ3n) is 6.21. The number of anilines is 1. The van der Waals surface area contributed by atoms with Gasteiger partial charge in [-0.3, -0.25) is 9.89 Å². The number of carbonyl (C=O) groups excluding carboxylic acids is 1. The van der Waals surface area contributed by atoms with Crippen LogP contribution < -0.4 is 11.1 Å². The van der Waals surface area contributed by atoms with Gasteiger partial charge in [0, 0.05) is 29.4 Å². The zero-order chi connectivity index (χ0) is 19.4. The minimum atomic E-state index is -0.788. The largest absolute Gasteiger partial charge is 0.390 e. The summed E-state index contributed by atoms with van der Waals surface area (Å²) in [6.45, 7) is 5.93. The molecule has 0 aromatic carbocycles. The highest BCUT2D eigenvalue weighted by atomic mass is 16.3. The normalized spacial score (nSPS) is 24.4. The number of nitrogens with one attached hydrogen (secondary N) is 2. The van der Waals surface area contributed by atoms with E-state index in [-0.39, 0.29) is 11.5 Å². The highest BCUT2D eigenvalue weighted by molar-refractivity contribution is 6.02. The molecule has 8 heteroatoms. The van der Waals surface area contributed by atoms with Crippen LogP contribution in [0.4, 0.5) is 5.69 Å². The summed E-state index contributed by atoms with van der Waals surface area (Å²) in [5.74, 6) is -0.542. The Morgan fingerprint density at radius 1 is 1.44 bits per heavy atom.